The summed E-state index contributed by atoms with van der Waals surface area (Å²) in [5.41, 5.74) is 5.43. The number of fused-ring (bicyclic) bond motifs is 1. The van der Waals surface area contributed by atoms with Gasteiger partial charge in [-0.2, -0.15) is 0 Å². The van der Waals surface area contributed by atoms with Gasteiger partial charge in [-0.15, -0.1) is 0 Å². The molecule has 7 heteroatoms. The SMILES string of the molecule is CC1=C(C(N)C(=O)O)c2cc(F)ccc2S1(=O)=O. The van der Waals surface area contributed by atoms with Crippen molar-refractivity contribution in [3.05, 3.63) is 34.5 Å². The second-order valence-electron chi connectivity index (χ2n) is 3.93. The fourth-order valence-electron chi connectivity index (χ4n) is 1.96. The average Bonchev–Trinajstić information content (AvgIpc) is 2.46. The third kappa shape index (κ3) is 1.63. The Kier molecular flexibility index (Phi) is 2.75. The van der Waals surface area contributed by atoms with Gasteiger partial charge in [-0.3, -0.25) is 4.79 Å². The standard InChI is InChI=1S/C11H10FNO4S/c1-5-9(10(13)11(14)15)7-4-6(12)2-3-8(7)18(5,16)17/h2-4,10H,13H2,1H3,(H,14,15). The Morgan fingerprint density at radius 1 is 1.44 bits per heavy atom. The van der Waals surface area contributed by atoms with Crippen LogP contribution in [0.3, 0.4) is 0 Å². The number of carboxylic acids is 1. The molecule has 1 heterocycles. The fourth-order valence-corrected chi connectivity index (χ4v) is 3.52. The van der Waals surface area contributed by atoms with Crippen LogP contribution >= 0.6 is 0 Å². The van der Waals surface area contributed by atoms with Gasteiger partial charge in [0.05, 0.1) is 9.80 Å². The van der Waals surface area contributed by atoms with Crippen LogP contribution in [-0.2, 0) is 14.6 Å². The molecule has 1 aliphatic rings. The summed E-state index contributed by atoms with van der Waals surface area (Å²) in [5, 5.41) is 8.88. The van der Waals surface area contributed by atoms with Crippen molar-refractivity contribution in [2.45, 2.75) is 17.9 Å². The van der Waals surface area contributed by atoms with E-state index in [1.165, 1.54) is 6.92 Å². The van der Waals surface area contributed by atoms with E-state index in [2.05, 4.69) is 0 Å². The van der Waals surface area contributed by atoms with Crippen LogP contribution in [0.1, 0.15) is 12.5 Å². The van der Waals surface area contributed by atoms with Gasteiger partial charge in [0.25, 0.3) is 0 Å². The molecule has 0 aromatic heterocycles. The quantitative estimate of drug-likeness (QED) is 0.774. The number of carbonyl (C=O) groups is 1. The summed E-state index contributed by atoms with van der Waals surface area (Å²) in [6, 6.07) is 1.62. The van der Waals surface area contributed by atoms with Gasteiger partial charge < -0.3 is 10.8 Å². The van der Waals surface area contributed by atoms with Gasteiger partial charge in [0.1, 0.15) is 11.9 Å². The van der Waals surface area contributed by atoms with Gasteiger partial charge in [0.15, 0.2) is 0 Å². The lowest BCUT2D eigenvalue weighted by atomic mass is 9.99. The Bertz CT molecular complexity index is 678. The summed E-state index contributed by atoms with van der Waals surface area (Å²) < 4.78 is 37.2. The summed E-state index contributed by atoms with van der Waals surface area (Å²) in [6.07, 6.45) is 0. The van der Waals surface area contributed by atoms with Gasteiger partial charge in [-0.25, -0.2) is 12.8 Å². The van der Waals surface area contributed by atoms with E-state index in [-0.39, 0.29) is 20.9 Å². The molecule has 0 bridgehead atoms. The zero-order valence-corrected chi connectivity index (χ0v) is 10.2. The van der Waals surface area contributed by atoms with Crippen LogP contribution < -0.4 is 5.73 Å². The zero-order chi connectivity index (χ0) is 13.7. The van der Waals surface area contributed by atoms with Crippen LogP contribution in [0.4, 0.5) is 4.39 Å². The molecule has 1 aliphatic heterocycles. The van der Waals surface area contributed by atoms with Crippen LogP contribution in [0.15, 0.2) is 28.0 Å². The van der Waals surface area contributed by atoms with Crippen LogP contribution in [0.5, 0.6) is 0 Å². The van der Waals surface area contributed by atoms with Crippen molar-refractivity contribution >= 4 is 21.4 Å². The minimum absolute atomic E-state index is 0.0300. The van der Waals surface area contributed by atoms with Gasteiger partial charge >= 0.3 is 5.97 Å². The first kappa shape index (κ1) is 12.7. The number of carboxylic acid groups (broad SMARTS) is 1. The van der Waals surface area contributed by atoms with E-state index >= 15 is 0 Å². The maximum atomic E-state index is 13.2. The van der Waals surface area contributed by atoms with E-state index in [0.717, 1.165) is 18.2 Å². The fraction of sp³-hybridized carbons (Fsp3) is 0.182. The lowest BCUT2D eigenvalue weighted by Crippen LogP contribution is -2.31. The molecule has 18 heavy (non-hydrogen) atoms. The van der Waals surface area contributed by atoms with Crippen molar-refractivity contribution in [3.8, 4) is 0 Å². The second kappa shape index (κ2) is 3.89. The predicted molar refractivity (Wildman–Crippen MR) is 61.8 cm³/mol. The topological polar surface area (TPSA) is 97.5 Å². The van der Waals surface area contributed by atoms with E-state index in [4.69, 9.17) is 10.8 Å². The molecule has 0 saturated carbocycles. The minimum Gasteiger partial charge on any atom is -0.480 e. The number of hydrogen-bond donors (Lipinski definition) is 2. The van der Waals surface area contributed by atoms with Gasteiger partial charge in [0.2, 0.25) is 9.84 Å². The van der Waals surface area contributed by atoms with E-state index in [1.807, 2.05) is 0 Å². The maximum absolute atomic E-state index is 13.2. The van der Waals surface area contributed by atoms with Crippen molar-refractivity contribution in [1.82, 2.24) is 0 Å². The highest BCUT2D eigenvalue weighted by Gasteiger charge is 2.37. The van der Waals surface area contributed by atoms with Crippen molar-refractivity contribution < 1.29 is 22.7 Å². The molecule has 0 radical (unpaired) electrons. The highest BCUT2D eigenvalue weighted by Crippen LogP contribution is 2.40. The van der Waals surface area contributed by atoms with E-state index in [9.17, 15) is 17.6 Å². The molecular formula is C11H10FNO4S. The molecule has 1 atom stereocenters. The molecule has 2 rings (SSSR count). The molecule has 0 spiro atoms. The van der Waals surface area contributed by atoms with Gasteiger partial charge in [-0.1, -0.05) is 0 Å². The van der Waals surface area contributed by atoms with Crippen molar-refractivity contribution in [1.29, 1.82) is 0 Å². The highest BCUT2D eigenvalue weighted by atomic mass is 32.2. The molecule has 1 aromatic rings. The first-order valence-corrected chi connectivity index (χ1v) is 6.49. The molecule has 0 amide bonds. The number of rotatable bonds is 2. The summed E-state index contributed by atoms with van der Waals surface area (Å²) in [4.78, 5) is 10.6. The minimum atomic E-state index is -3.76. The lowest BCUT2D eigenvalue weighted by molar-refractivity contribution is -0.137. The Morgan fingerprint density at radius 2 is 2.06 bits per heavy atom. The van der Waals surface area contributed by atoms with Gasteiger partial charge in [-0.05, 0) is 25.1 Å². The molecule has 3 N–H and O–H groups in total. The molecule has 1 aromatic carbocycles. The van der Waals surface area contributed by atoms with Crippen LogP contribution in [0.25, 0.3) is 5.57 Å². The second-order valence-corrected chi connectivity index (χ2v) is 5.99. The average molecular weight is 271 g/mol. The number of halogens is 1. The summed E-state index contributed by atoms with van der Waals surface area (Å²) in [7, 11) is -3.76. The summed E-state index contributed by atoms with van der Waals surface area (Å²) in [5.74, 6) is -2.01. The van der Waals surface area contributed by atoms with Crippen LogP contribution in [0.2, 0.25) is 0 Å². The Hall–Kier alpha value is -1.73. The number of allylic oxidation sites excluding steroid dienone is 1. The number of sulfone groups is 1. The number of hydrogen-bond acceptors (Lipinski definition) is 4. The van der Waals surface area contributed by atoms with E-state index < -0.39 is 27.7 Å². The molecule has 0 fully saturated rings. The molecule has 96 valence electrons. The molecule has 0 aliphatic carbocycles. The third-order valence-electron chi connectivity index (χ3n) is 2.88. The summed E-state index contributed by atoms with van der Waals surface area (Å²) in [6.45, 7) is 1.27. The smallest absolute Gasteiger partial charge is 0.325 e. The van der Waals surface area contributed by atoms with Gasteiger partial charge in [0, 0.05) is 11.1 Å². The number of nitrogens with two attached hydrogens (primary N) is 1. The largest absolute Gasteiger partial charge is 0.480 e. The number of aliphatic carboxylic acids is 1. The molecular weight excluding hydrogens is 261 g/mol. The first-order valence-electron chi connectivity index (χ1n) is 5.01. The van der Waals surface area contributed by atoms with Crippen molar-refractivity contribution in [2.75, 3.05) is 0 Å². The summed E-state index contributed by atoms with van der Waals surface area (Å²) >= 11 is 0. The maximum Gasteiger partial charge on any atom is 0.325 e. The van der Waals surface area contributed by atoms with Crippen LogP contribution in [0, 0.1) is 5.82 Å². The van der Waals surface area contributed by atoms with Crippen molar-refractivity contribution in [2.24, 2.45) is 5.73 Å². The monoisotopic (exact) mass is 271 g/mol. The first-order chi connectivity index (χ1) is 8.26. The Morgan fingerprint density at radius 3 is 2.61 bits per heavy atom. The van der Waals surface area contributed by atoms with E-state index in [0.29, 0.717) is 0 Å². The zero-order valence-electron chi connectivity index (χ0n) is 9.34. The lowest BCUT2D eigenvalue weighted by Gasteiger charge is -2.09. The Balaban J connectivity index is 2.79. The normalized spacial score (nSPS) is 18.6. The van der Waals surface area contributed by atoms with Crippen LogP contribution in [-0.4, -0.2) is 25.5 Å². The molecule has 0 saturated heterocycles. The molecule has 5 nitrogen and oxygen atoms in total. The third-order valence-corrected chi connectivity index (χ3v) is 4.84. The highest BCUT2D eigenvalue weighted by molar-refractivity contribution is 7.95. The molecule has 1 unspecified atom stereocenters. The number of benzene rings is 1. The Labute approximate surface area is 103 Å². The predicted octanol–water partition coefficient (Wildman–Crippen LogP) is 0.756. The van der Waals surface area contributed by atoms with Crippen molar-refractivity contribution in [3.63, 3.8) is 0 Å². The van der Waals surface area contributed by atoms with E-state index in [1.54, 1.807) is 0 Å².